The summed E-state index contributed by atoms with van der Waals surface area (Å²) in [5.74, 6) is -1.51. The Morgan fingerprint density at radius 2 is 1.86 bits per heavy atom. The highest BCUT2D eigenvalue weighted by atomic mass is 35.5. The first-order valence-electron chi connectivity index (χ1n) is 5.61. The van der Waals surface area contributed by atoms with E-state index in [1.807, 2.05) is 0 Å². The zero-order valence-electron chi connectivity index (χ0n) is 11.2. The fraction of sp³-hybridized carbons (Fsp3) is 0.455. The summed E-state index contributed by atoms with van der Waals surface area (Å²) in [7, 11) is -2.51. The fourth-order valence-corrected chi connectivity index (χ4v) is 2.47. The van der Waals surface area contributed by atoms with Crippen LogP contribution in [-0.4, -0.2) is 28.1 Å². The number of benzene rings is 1. The van der Waals surface area contributed by atoms with Gasteiger partial charge < -0.3 is 5.32 Å². The molecule has 1 aromatic rings. The van der Waals surface area contributed by atoms with Crippen molar-refractivity contribution in [2.45, 2.75) is 24.0 Å². The van der Waals surface area contributed by atoms with E-state index >= 15 is 0 Å². The molecule has 1 unspecified atom stereocenters. The number of hydrogen-bond acceptors (Lipinski definition) is 3. The molecule has 1 aromatic carbocycles. The smallest absolute Gasteiger partial charge is 0.316 e. The van der Waals surface area contributed by atoms with Crippen LogP contribution in [0.2, 0.25) is 0 Å². The summed E-state index contributed by atoms with van der Waals surface area (Å²) in [6.07, 6.45) is -4.95. The van der Waals surface area contributed by atoms with Crippen molar-refractivity contribution in [3.8, 4) is 0 Å². The molecular weight excluding hydrogens is 336 g/mol. The maximum absolute atomic E-state index is 13.1. The van der Waals surface area contributed by atoms with Crippen LogP contribution in [0, 0.1) is 5.82 Å². The van der Waals surface area contributed by atoms with Crippen LogP contribution in [0.4, 0.5) is 17.6 Å². The summed E-state index contributed by atoms with van der Waals surface area (Å²) in [6, 6.07) is 1.35. The molecule has 0 heterocycles. The molecule has 0 radical (unpaired) electrons. The van der Waals surface area contributed by atoms with E-state index in [9.17, 15) is 26.0 Å². The molecule has 4 nitrogen and oxygen atoms in total. The van der Waals surface area contributed by atoms with Gasteiger partial charge in [-0.05, 0) is 32.2 Å². The zero-order chi connectivity index (χ0) is 15.6. The Bertz CT molecular complexity index is 578. The van der Waals surface area contributed by atoms with Gasteiger partial charge in [-0.25, -0.2) is 17.5 Å². The van der Waals surface area contributed by atoms with Gasteiger partial charge in [0.05, 0.1) is 10.5 Å². The van der Waals surface area contributed by atoms with Gasteiger partial charge in [-0.3, -0.25) is 0 Å². The van der Waals surface area contributed by atoms with E-state index in [1.165, 1.54) is 0 Å². The quantitative estimate of drug-likeness (QED) is 0.800. The van der Waals surface area contributed by atoms with E-state index in [2.05, 4.69) is 10.0 Å². The summed E-state index contributed by atoms with van der Waals surface area (Å²) < 4.78 is 76.4. The van der Waals surface area contributed by atoms with Gasteiger partial charge in [-0.1, -0.05) is 0 Å². The first-order chi connectivity index (χ1) is 9.08. The molecule has 10 heteroatoms. The minimum Gasteiger partial charge on any atom is -0.316 e. The Balaban J connectivity index is 0.00000400. The molecule has 0 bridgehead atoms. The van der Waals surface area contributed by atoms with Crippen molar-refractivity contribution >= 4 is 22.4 Å². The molecule has 21 heavy (non-hydrogen) atoms. The molecule has 0 aliphatic heterocycles. The number of sulfonamides is 1. The van der Waals surface area contributed by atoms with Gasteiger partial charge in [-0.2, -0.15) is 13.2 Å². The summed E-state index contributed by atoms with van der Waals surface area (Å²) in [4.78, 5) is -0.630. The molecule has 1 rings (SSSR count). The third-order valence-electron chi connectivity index (χ3n) is 2.63. The predicted octanol–water partition coefficient (Wildman–Crippen LogP) is 2.15. The van der Waals surface area contributed by atoms with Gasteiger partial charge >= 0.3 is 6.18 Å². The fourth-order valence-electron chi connectivity index (χ4n) is 1.31. The maximum atomic E-state index is 13.1. The summed E-state index contributed by atoms with van der Waals surface area (Å²) in [5.41, 5.74) is -1.61. The lowest BCUT2D eigenvalue weighted by Crippen LogP contribution is -2.37. The van der Waals surface area contributed by atoms with Crippen molar-refractivity contribution in [1.29, 1.82) is 0 Å². The normalized spacial score (nSPS) is 13.6. The molecule has 122 valence electrons. The highest BCUT2D eigenvalue weighted by molar-refractivity contribution is 7.89. The van der Waals surface area contributed by atoms with Crippen molar-refractivity contribution in [3.63, 3.8) is 0 Å². The van der Waals surface area contributed by atoms with Crippen LogP contribution in [0.1, 0.15) is 12.5 Å². The van der Waals surface area contributed by atoms with Crippen LogP contribution in [0.3, 0.4) is 0 Å². The van der Waals surface area contributed by atoms with Crippen molar-refractivity contribution < 1.29 is 26.0 Å². The highest BCUT2D eigenvalue weighted by Gasteiger charge is 2.35. The summed E-state index contributed by atoms with van der Waals surface area (Å²) in [5, 5.41) is 2.77. The molecule has 0 aliphatic rings. The molecule has 0 spiro atoms. The van der Waals surface area contributed by atoms with Gasteiger partial charge in [0, 0.05) is 12.6 Å². The molecule has 0 saturated heterocycles. The number of nitrogens with one attached hydrogen (secondary N) is 2. The molecule has 1 atom stereocenters. The Labute approximate surface area is 126 Å². The number of likely N-dealkylation sites (N-methyl/N-ethyl adjacent to an activating group) is 1. The van der Waals surface area contributed by atoms with E-state index in [-0.39, 0.29) is 31.1 Å². The number of alkyl halides is 3. The standard InChI is InChI=1S/C11H14F4N2O2S.ClH/c1-7(16-2)6-17-20(18,19)8-3-4-10(12)9(5-8)11(13,14)15;/h3-5,7,16-17H,6H2,1-2H3;1H. The van der Waals surface area contributed by atoms with Crippen LogP contribution >= 0.6 is 12.4 Å². The number of hydrogen-bond donors (Lipinski definition) is 2. The summed E-state index contributed by atoms with van der Waals surface area (Å²) >= 11 is 0. The third-order valence-corrected chi connectivity index (χ3v) is 4.05. The van der Waals surface area contributed by atoms with Crippen LogP contribution in [0.15, 0.2) is 23.1 Å². The first kappa shape index (κ1) is 20.1. The lowest BCUT2D eigenvalue weighted by atomic mass is 10.2. The van der Waals surface area contributed by atoms with Crippen LogP contribution in [0.25, 0.3) is 0 Å². The van der Waals surface area contributed by atoms with Gasteiger partial charge in [-0.15, -0.1) is 12.4 Å². The van der Waals surface area contributed by atoms with Gasteiger partial charge in [0.1, 0.15) is 5.82 Å². The number of rotatable bonds is 5. The van der Waals surface area contributed by atoms with Crippen molar-refractivity contribution in [1.82, 2.24) is 10.0 Å². The SMILES string of the molecule is CNC(C)CNS(=O)(=O)c1ccc(F)c(C(F)(F)F)c1.Cl. The van der Waals surface area contributed by atoms with Gasteiger partial charge in [0.25, 0.3) is 0 Å². The third kappa shape index (κ3) is 5.42. The van der Waals surface area contributed by atoms with E-state index < -0.39 is 32.5 Å². The average Bonchev–Trinajstić information content (AvgIpc) is 2.34. The van der Waals surface area contributed by atoms with Gasteiger partial charge in [0.2, 0.25) is 10.0 Å². The lowest BCUT2D eigenvalue weighted by Gasteiger charge is -2.13. The molecule has 0 amide bonds. The zero-order valence-corrected chi connectivity index (χ0v) is 12.8. The topological polar surface area (TPSA) is 58.2 Å². The van der Waals surface area contributed by atoms with Gasteiger partial charge in [0.15, 0.2) is 0 Å². The van der Waals surface area contributed by atoms with Crippen molar-refractivity contribution in [2.75, 3.05) is 13.6 Å². The number of halogens is 5. The Kier molecular flexibility index (Phi) is 7.07. The minimum atomic E-state index is -4.95. The van der Waals surface area contributed by atoms with E-state index in [0.29, 0.717) is 6.07 Å². The molecular formula is C11H15ClF4N2O2S. The summed E-state index contributed by atoms with van der Waals surface area (Å²) in [6.45, 7) is 1.69. The Morgan fingerprint density at radius 1 is 1.29 bits per heavy atom. The second kappa shape index (κ2) is 7.39. The molecule has 0 aliphatic carbocycles. The van der Waals surface area contributed by atoms with E-state index in [4.69, 9.17) is 0 Å². The highest BCUT2D eigenvalue weighted by Crippen LogP contribution is 2.32. The monoisotopic (exact) mass is 350 g/mol. The van der Waals surface area contributed by atoms with Crippen molar-refractivity contribution in [2.24, 2.45) is 0 Å². The average molecular weight is 351 g/mol. The van der Waals surface area contributed by atoms with Crippen molar-refractivity contribution in [3.05, 3.63) is 29.6 Å². The molecule has 0 saturated carbocycles. The molecule has 2 N–H and O–H groups in total. The predicted molar refractivity (Wildman–Crippen MR) is 72.4 cm³/mol. The van der Waals surface area contributed by atoms with E-state index in [1.54, 1.807) is 14.0 Å². The first-order valence-corrected chi connectivity index (χ1v) is 7.10. The second-order valence-electron chi connectivity index (χ2n) is 4.18. The largest absolute Gasteiger partial charge is 0.419 e. The minimum absolute atomic E-state index is 0. The Hall–Kier alpha value is -0.900. The Morgan fingerprint density at radius 3 is 2.33 bits per heavy atom. The molecule has 0 aromatic heterocycles. The lowest BCUT2D eigenvalue weighted by molar-refractivity contribution is -0.140. The van der Waals surface area contributed by atoms with Crippen LogP contribution in [0.5, 0.6) is 0 Å². The van der Waals surface area contributed by atoms with E-state index in [0.717, 1.165) is 6.07 Å². The molecule has 0 fully saturated rings. The van der Waals surface area contributed by atoms with Crippen LogP contribution in [-0.2, 0) is 16.2 Å². The second-order valence-corrected chi connectivity index (χ2v) is 5.95. The van der Waals surface area contributed by atoms with Crippen LogP contribution < -0.4 is 10.0 Å². The maximum Gasteiger partial charge on any atom is 0.419 e.